The molecule has 2 bridgehead atoms. The number of ether oxygens (including phenoxy) is 1. The highest BCUT2D eigenvalue weighted by Crippen LogP contribution is 2.58. The number of carbonyl (C=O) groups is 1. The maximum atomic E-state index is 12.2. The third-order valence-corrected chi connectivity index (χ3v) is 5.98. The summed E-state index contributed by atoms with van der Waals surface area (Å²) in [5.41, 5.74) is 0. The molecular weight excluding hydrogens is 276 g/mol. The first-order chi connectivity index (χ1) is 9.33. The van der Waals surface area contributed by atoms with Crippen LogP contribution in [0.2, 0.25) is 0 Å². The molecule has 0 aromatic heterocycles. The van der Waals surface area contributed by atoms with E-state index in [1.54, 1.807) is 0 Å². The van der Waals surface area contributed by atoms with Crippen LogP contribution in [0.25, 0.3) is 0 Å². The summed E-state index contributed by atoms with van der Waals surface area (Å²) in [5, 5.41) is 6.51. The molecule has 114 valence electrons. The third kappa shape index (κ3) is 2.36. The molecule has 6 atom stereocenters. The molecule has 20 heavy (non-hydrogen) atoms. The second-order valence-corrected chi connectivity index (χ2v) is 6.83. The molecule has 3 aliphatic carbocycles. The molecule has 1 heterocycles. The first kappa shape index (κ1) is 14.6. The zero-order valence-electron chi connectivity index (χ0n) is 11.8. The number of morpholine rings is 1. The van der Waals surface area contributed by atoms with Gasteiger partial charge in [0, 0.05) is 19.1 Å². The number of hydrogen-bond donors (Lipinski definition) is 2. The lowest BCUT2D eigenvalue weighted by Gasteiger charge is -2.33. The Kier molecular flexibility index (Phi) is 4.25. The van der Waals surface area contributed by atoms with Crippen molar-refractivity contribution in [2.75, 3.05) is 19.7 Å². The van der Waals surface area contributed by atoms with Crippen molar-refractivity contribution in [3.8, 4) is 0 Å². The Morgan fingerprint density at radius 2 is 2.00 bits per heavy atom. The largest absolute Gasteiger partial charge is 0.366 e. The number of hydrogen-bond acceptors (Lipinski definition) is 3. The van der Waals surface area contributed by atoms with Crippen molar-refractivity contribution in [2.24, 2.45) is 23.7 Å². The minimum absolute atomic E-state index is 0. The van der Waals surface area contributed by atoms with Crippen LogP contribution in [0.3, 0.4) is 0 Å². The number of rotatable bonds is 2. The molecule has 4 rings (SSSR count). The average molecular weight is 301 g/mol. The van der Waals surface area contributed by atoms with Crippen molar-refractivity contribution < 1.29 is 9.53 Å². The maximum Gasteiger partial charge on any atom is 0.250 e. The highest BCUT2D eigenvalue weighted by Gasteiger charge is 2.54. The van der Waals surface area contributed by atoms with Crippen LogP contribution in [-0.2, 0) is 9.53 Å². The van der Waals surface area contributed by atoms with Crippen LogP contribution < -0.4 is 10.6 Å². The predicted octanol–water partition coefficient (Wildman–Crippen LogP) is 1.34. The van der Waals surface area contributed by atoms with Gasteiger partial charge in [-0.2, -0.15) is 0 Å². The third-order valence-electron chi connectivity index (χ3n) is 5.98. The van der Waals surface area contributed by atoms with Gasteiger partial charge in [-0.15, -0.1) is 12.4 Å². The van der Waals surface area contributed by atoms with Gasteiger partial charge in [0.15, 0.2) is 0 Å². The number of carbonyl (C=O) groups excluding carboxylic acids is 1. The lowest BCUT2D eigenvalue weighted by atomic mass is 9.79. The Morgan fingerprint density at radius 1 is 1.15 bits per heavy atom. The summed E-state index contributed by atoms with van der Waals surface area (Å²) in [5.74, 6) is 3.67. The fraction of sp³-hybridized carbons (Fsp3) is 0.933. The molecule has 0 radical (unpaired) electrons. The van der Waals surface area contributed by atoms with E-state index < -0.39 is 0 Å². The van der Waals surface area contributed by atoms with Gasteiger partial charge in [-0.1, -0.05) is 6.42 Å². The topological polar surface area (TPSA) is 50.4 Å². The Bertz CT molecular complexity index is 373. The van der Waals surface area contributed by atoms with E-state index >= 15 is 0 Å². The normalized spacial score (nSPS) is 45.8. The fourth-order valence-corrected chi connectivity index (χ4v) is 5.24. The molecule has 0 spiro atoms. The molecule has 0 aromatic carbocycles. The van der Waals surface area contributed by atoms with Crippen LogP contribution in [0, 0.1) is 23.7 Å². The van der Waals surface area contributed by atoms with Gasteiger partial charge in [0.05, 0.1) is 6.61 Å². The SMILES string of the molecule is Cl.O=C(NC1CC2CC1C1CCCC21)C1CNCCO1. The quantitative estimate of drug-likeness (QED) is 0.809. The lowest BCUT2D eigenvalue weighted by Crippen LogP contribution is -2.52. The smallest absolute Gasteiger partial charge is 0.250 e. The molecule has 4 nitrogen and oxygen atoms in total. The van der Waals surface area contributed by atoms with Gasteiger partial charge in [0.25, 0.3) is 5.91 Å². The van der Waals surface area contributed by atoms with Crippen molar-refractivity contribution in [3.63, 3.8) is 0 Å². The monoisotopic (exact) mass is 300 g/mol. The highest BCUT2D eigenvalue weighted by molar-refractivity contribution is 5.85. The maximum absolute atomic E-state index is 12.2. The predicted molar refractivity (Wildman–Crippen MR) is 78.8 cm³/mol. The van der Waals surface area contributed by atoms with E-state index in [9.17, 15) is 4.79 Å². The van der Waals surface area contributed by atoms with Crippen LogP contribution in [0.15, 0.2) is 0 Å². The molecule has 4 aliphatic rings. The first-order valence-corrected chi connectivity index (χ1v) is 7.95. The van der Waals surface area contributed by atoms with E-state index in [-0.39, 0.29) is 24.4 Å². The molecule has 1 amide bonds. The Labute approximate surface area is 126 Å². The van der Waals surface area contributed by atoms with E-state index in [0.29, 0.717) is 19.2 Å². The standard InChI is InChI=1S/C15H24N2O2.ClH/c18-15(14-8-16-4-5-19-14)17-13-7-9-6-12(13)11-3-1-2-10(9)11;/h9-14,16H,1-8H2,(H,17,18);1H. The fourth-order valence-electron chi connectivity index (χ4n) is 5.24. The Morgan fingerprint density at radius 3 is 2.80 bits per heavy atom. The van der Waals surface area contributed by atoms with Crippen molar-refractivity contribution >= 4 is 18.3 Å². The molecule has 3 saturated carbocycles. The molecule has 4 fully saturated rings. The Balaban J connectivity index is 0.00000121. The second kappa shape index (κ2) is 5.82. The minimum atomic E-state index is -0.271. The molecule has 1 aliphatic heterocycles. The first-order valence-electron chi connectivity index (χ1n) is 7.95. The van der Waals surface area contributed by atoms with Crippen LogP contribution in [0.4, 0.5) is 0 Å². The van der Waals surface area contributed by atoms with E-state index in [0.717, 1.165) is 30.2 Å². The van der Waals surface area contributed by atoms with Gasteiger partial charge in [-0.05, 0) is 49.4 Å². The summed E-state index contributed by atoms with van der Waals surface area (Å²) in [6.07, 6.45) is 6.58. The molecule has 1 saturated heterocycles. The lowest BCUT2D eigenvalue weighted by molar-refractivity contribution is -0.135. The summed E-state index contributed by atoms with van der Waals surface area (Å²) >= 11 is 0. The zero-order chi connectivity index (χ0) is 12.8. The molecule has 6 unspecified atom stereocenters. The van der Waals surface area contributed by atoms with Crippen molar-refractivity contribution in [1.82, 2.24) is 10.6 Å². The van der Waals surface area contributed by atoms with Crippen molar-refractivity contribution in [3.05, 3.63) is 0 Å². The van der Waals surface area contributed by atoms with E-state index in [2.05, 4.69) is 10.6 Å². The Hall–Kier alpha value is -0.320. The second-order valence-electron chi connectivity index (χ2n) is 6.83. The average Bonchev–Trinajstić information content (AvgIpc) is 3.11. The molecular formula is C15H25ClN2O2. The number of amides is 1. The summed E-state index contributed by atoms with van der Waals surface area (Å²) in [6, 6.07) is 0.433. The molecule has 0 aromatic rings. The number of nitrogens with one attached hydrogen (secondary N) is 2. The minimum Gasteiger partial charge on any atom is -0.366 e. The van der Waals surface area contributed by atoms with Crippen LogP contribution in [0.1, 0.15) is 32.1 Å². The summed E-state index contributed by atoms with van der Waals surface area (Å²) in [7, 11) is 0. The van der Waals surface area contributed by atoms with Gasteiger partial charge in [0.2, 0.25) is 0 Å². The van der Waals surface area contributed by atoms with E-state index in [1.807, 2.05) is 0 Å². The van der Waals surface area contributed by atoms with Crippen LogP contribution >= 0.6 is 12.4 Å². The summed E-state index contributed by atoms with van der Waals surface area (Å²) in [4.78, 5) is 12.2. The summed E-state index contributed by atoms with van der Waals surface area (Å²) in [6.45, 7) is 2.18. The van der Waals surface area contributed by atoms with Gasteiger partial charge < -0.3 is 15.4 Å². The number of halogens is 1. The highest BCUT2D eigenvalue weighted by atomic mass is 35.5. The van der Waals surface area contributed by atoms with Gasteiger partial charge in [0.1, 0.15) is 6.10 Å². The van der Waals surface area contributed by atoms with Crippen molar-refractivity contribution in [2.45, 2.75) is 44.2 Å². The van der Waals surface area contributed by atoms with E-state index in [4.69, 9.17) is 4.74 Å². The van der Waals surface area contributed by atoms with Gasteiger partial charge in [-0.3, -0.25) is 4.79 Å². The van der Waals surface area contributed by atoms with Crippen molar-refractivity contribution in [1.29, 1.82) is 0 Å². The van der Waals surface area contributed by atoms with Gasteiger partial charge in [-0.25, -0.2) is 0 Å². The molecule has 5 heteroatoms. The van der Waals surface area contributed by atoms with E-state index in [1.165, 1.54) is 32.1 Å². The van der Waals surface area contributed by atoms with Gasteiger partial charge >= 0.3 is 0 Å². The summed E-state index contributed by atoms with van der Waals surface area (Å²) < 4.78 is 5.54. The van der Waals surface area contributed by atoms with Crippen LogP contribution in [0.5, 0.6) is 0 Å². The number of fused-ring (bicyclic) bond motifs is 5. The zero-order valence-corrected chi connectivity index (χ0v) is 12.7. The molecule has 2 N–H and O–H groups in total. The van der Waals surface area contributed by atoms with Crippen LogP contribution in [-0.4, -0.2) is 37.7 Å².